The maximum absolute atomic E-state index is 13.4. The molecule has 164 valence electrons. The highest BCUT2D eigenvalue weighted by atomic mass is 16.1. The van der Waals surface area contributed by atoms with E-state index in [2.05, 4.69) is 15.5 Å². The van der Waals surface area contributed by atoms with E-state index in [9.17, 15) is 9.59 Å². The molecular weight excluding hydrogens is 388 g/mol. The number of hydrogen-bond donors (Lipinski definition) is 3. The van der Waals surface area contributed by atoms with E-state index in [1.807, 2.05) is 20.2 Å². The first-order chi connectivity index (χ1) is 15.0. The van der Waals surface area contributed by atoms with Crippen LogP contribution in [0.1, 0.15) is 70.4 Å². The van der Waals surface area contributed by atoms with E-state index in [0.717, 1.165) is 31.5 Å². The third kappa shape index (κ3) is 4.30. The van der Waals surface area contributed by atoms with Gasteiger partial charge in [-0.3, -0.25) is 9.59 Å². The quantitative estimate of drug-likeness (QED) is 0.393. The molecule has 31 heavy (non-hydrogen) atoms. The van der Waals surface area contributed by atoms with Crippen LogP contribution in [0.3, 0.4) is 0 Å². The fraction of sp³-hybridized carbons (Fsp3) is 0.440. The van der Waals surface area contributed by atoms with Crippen LogP contribution >= 0.6 is 0 Å². The van der Waals surface area contributed by atoms with Crippen LogP contribution < -0.4 is 16.4 Å². The van der Waals surface area contributed by atoms with Crippen molar-refractivity contribution in [2.24, 2.45) is 0 Å². The Bertz CT molecular complexity index is 993. The first-order valence-electron chi connectivity index (χ1n) is 11.3. The monoisotopic (exact) mass is 420 g/mol. The van der Waals surface area contributed by atoms with Gasteiger partial charge in [0, 0.05) is 29.4 Å². The average molecular weight is 421 g/mol. The zero-order valence-electron chi connectivity index (χ0n) is 18.5. The summed E-state index contributed by atoms with van der Waals surface area (Å²) in [4.78, 5) is 28.9. The lowest BCUT2D eigenvalue weighted by molar-refractivity contribution is 0.0980. The molecule has 4 N–H and O–H groups in total. The minimum Gasteiger partial charge on any atom is -0.396 e. The topological polar surface area (TPSA) is 87.5 Å². The molecule has 2 aromatic rings. The molecule has 0 bridgehead atoms. The summed E-state index contributed by atoms with van der Waals surface area (Å²) >= 11 is 0. The number of nitrogens with two attached hydrogens (primary N) is 1. The van der Waals surface area contributed by atoms with Gasteiger partial charge in [-0.2, -0.15) is 0 Å². The third-order valence-corrected chi connectivity index (χ3v) is 6.30. The Morgan fingerprint density at radius 3 is 2.26 bits per heavy atom. The summed E-state index contributed by atoms with van der Waals surface area (Å²) in [6.07, 6.45) is 6.78. The molecule has 0 radical (unpaired) electrons. The van der Waals surface area contributed by atoms with Gasteiger partial charge in [-0.1, -0.05) is 43.5 Å². The van der Waals surface area contributed by atoms with Crippen LogP contribution in [0.5, 0.6) is 0 Å². The third-order valence-electron chi connectivity index (χ3n) is 6.30. The van der Waals surface area contributed by atoms with Gasteiger partial charge in [0.15, 0.2) is 11.6 Å². The molecule has 0 spiro atoms. The highest BCUT2D eigenvalue weighted by Gasteiger charge is 2.34. The number of rotatable bonds is 7. The number of hydrogen-bond acceptors (Lipinski definition) is 6. The molecule has 1 saturated carbocycles. The molecule has 2 aliphatic rings. The minimum absolute atomic E-state index is 0.142. The summed E-state index contributed by atoms with van der Waals surface area (Å²) < 4.78 is 0. The lowest BCUT2D eigenvalue weighted by Gasteiger charge is -2.28. The molecule has 6 heteroatoms. The van der Waals surface area contributed by atoms with Gasteiger partial charge in [-0.25, -0.2) is 0 Å². The standard InChI is InChI=1S/C25H32N4O2/c1-29(2)14-8-13-27-19-15-20(28-16-9-4-3-5-10-16)23(26)22-21(19)24(30)17-11-6-7-12-18(17)25(22)31/h6-7,11-12,15-16,27-28H,3-5,8-10,13-14,26H2,1-2H3. The summed E-state index contributed by atoms with van der Waals surface area (Å²) in [5.74, 6) is -0.317. The number of fused-ring (bicyclic) bond motifs is 2. The average Bonchev–Trinajstić information content (AvgIpc) is 2.77. The Morgan fingerprint density at radius 2 is 1.61 bits per heavy atom. The van der Waals surface area contributed by atoms with Gasteiger partial charge in [-0.15, -0.1) is 0 Å². The van der Waals surface area contributed by atoms with E-state index in [4.69, 9.17) is 5.73 Å². The van der Waals surface area contributed by atoms with Gasteiger partial charge < -0.3 is 21.3 Å². The van der Waals surface area contributed by atoms with Crippen molar-refractivity contribution in [2.45, 2.75) is 44.6 Å². The Balaban J connectivity index is 1.74. The summed E-state index contributed by atoms with van der Waals surface area (Å²) in [5.41, 5.74) is 9.96. The number of nitrogens with one attached hydrogen (secondary N) is 2. The van der Waals surface area contributed by atoms with Crippen LogP contribution in [0.15, 0.2) is 30.3 Å². The second-order valence-corrected chi connectivity index (χ2v) is 8.90. The highest BCUT2D eigenvalue weighted by molar-refractivity contribution is 6.32. The van der Waals surface area contributed by atoms with Crippen LogP contribution in [0.4, 0.5) is 17.1 Å². The fourth-order valence-electron chi connectivity index (χ4n) is 4.66. The lowest BCUT2D eigenvalue weighted by Crippen LogP contribution is -2.27. The summed E-state index contributed by atoms with van der Waals surface area (Å²) in [7, 11) is 4.08. The zero-order chi connectivity index (χ0) is 22.0. The van der Waals surface area contributed by atoms with Gasteiger partial charge in [0.05, 0.1) is 22.5 Å². The molecule has 1 fully saturated rings. The summed E-state index contributed by atoms with van der Waals surface area (Å²) in [6.45, 7) is 1.65. The molecule has 2 aliphatic carbocycles. The van der Waals surface area contributed by atoms with Crippen molar-refractivity contribution in [3.05, 3.63) is 52.6 Å². The zero-order valence-corrected chi connectivity index (χ0v) is 18.5. The lowest BCUT2D eigenvalue weighted by atomic mass is 9.81. The molecule has 0 amide bonds. The van der Waals surface area contributed by atoms with Crippen molar-refractivity contribution >= 4 is 28.6 Å². The number of carbonyl (C=O) groups is 2. The van der Waals surface area contributed by atoms with Crippen LogP contribution in [0.25, 0.3) is 0 Å². The smallest absolute Gasteiger partial charge is 0.196 e. The molecule has 0 unspecified atom stereocenters. The maximum atomic E-state index is 13.4. The van der Waals surface area contributed by atoms with Crippen LogP contribution in [0, 0.1) is 0 Å². The first kappa shape index (κ1) is 21.4. The van der Waals surface area contributed by atoms with E-state index < -0.39 is 0 Å². The predicted molar refractivity (Wildman–Crippen MR) is 126 cm³/mol. The molecule has 4 rings (SSSR count). The van der Waals surface area contributed by atoms with Crippen molar-refractivity contribution in [3.8, 4) is 0 Å². The molecule has 0 atom stereocenters. The van der Waals surface area contributed by atoms with Crippen LogP contribution in [-0.2, 0) is 0 Å². The van der Waals surface area contributed by atoms with E-state index in [-0.39, 0.29) is 11.6 Å². The Hall–Kier alpha value is -2.86. The van der Waals surface area contributed by atoms with Crippen molar-refractivity contribution < 1.29 is 9.59 Å². The summed E-state index contributed by atoms with van der Waals surface area (Å²) in [5, 5.41) is 6.99. The Morgan fingerprint density at radius 1 is 0.968 bits per heavy atom. The number of nitrogen functional groups attached to an aromatic ring is 1. The second-order valence-electron chi connectivity index (χ2n) is 8.90. The Kier molecular flexibility index (Phi) is 6.28. The molecule has 0 aliphatic heterocycles. The number of ketones is 2. The van der Waals surface area contributed by atoms with Gasteiger partial charge >= 0.3 is 0 Å². The van der Waals surface area contributed by atoms with Crippen molar-refractivity contribution in [2.75, 3.05) is 43.6 Å². The molecular formula is C25H32N4O2. The molecule has 0 saturated heterocycles. The summed E-state index contributed by atoms with van der Waals surface area (Å²) in [6, 6.07) is 9.29. The molecule has 6 nitrogen and oxygen atoms in total. The first-order valence-corrected chi connectivity index (χ1v) is 11.3. The fourth-order valence-corrected chi connectivity index (χ4v) is 4.66. The van der Waals surface area contributed by atoms with E-state index >= 15 is 0 Å². The number of anilines is 3. The number of carbonyl (C=O) groups excluding carboxylic acids is 2. The second kappa shape index (κ2) is 9.10. The van der Waals surface area contributed by atoms with E-state index in [0.29, 0.717) is 46.2 Å². The van der Waals surface area contributed by atoms with Gasteiger partial charge in [0.1, 0.15) is 0 Å². The van der Waals surface area contributed by atoms with Gasteiger partial charge in [-0.05, 0) is 46.0 Å². The Labute approximate surface area is 184 Å². The van der Waals surface area contributed by atoms with Crippen LogP contribution in [-0.4, -0.2) is 49.7 Å². The van der Waals surface area contributed by atoms with Crippen molar-refractivity contribution in [1.82, 2.24) is 4.90 Å². The predicted octanol–water partition coefficient (Wildman–Crippen LogP) is 4.15. The SMILES string of the molecule is CN(C)CCCNc1cc(NC2CCCCC2)c(N)c2c1C(=O)c1ccccc1C2=O. The van der Waals surface area contributed by atoms with E-state index in [1.54, 1.807) is 24.3 Å². The van der Waals surface area contributed by atoms with Gasteiger partial charge in [0.25, 0.3) is 0 Å². The molecule has 0 aromatic heterocycles. The maximum Gasteiger partial charge on any atom is 0.196 e. The molecule has 0 heterocycles. The largest absolute Gasteiger partial charge is 0.396 e. The number of benzene rings is 2. The van der Waals surface area contributed by atoms with E-state index in [1.165, 1.54) is 19.3 Å². The number of nitrogens with zero attached hydrogens (tertiary/aromatic N) is 1. The van der Waals surface area contributed by atoms with Crippen LogP contribution in [0.2, 0.25) is 0 Å². The normalized spacial score (nSPS) is 16.2. The molecule has 2 aromatic carbocycles. The highest BCUT2D eigenvalue weighted by Crippen LogP contribution is 2.40. The van der Waals surface area contributed by atoms with Crippen molar-refractivity contribution in [3.63, 3.8) is 0 Å². The van der Waals surface area contributed by atoms with Gasteiger partial charge in [0.2, 0.25) is 0 Å². The van der Waals surface area contributed by atoms with Crippen molar-refractivity contribution in [1.29, 1.82) is 0 Å². The minimum atomic E-state index is -0.175.